The predicted molar refractivity (Wildman–Crippen MR) is 115 cm³/mol. The van der Waals surface area contributed by atoms with E-state index in [9.17, 15) is 0 Å². The molecule has 1 aromatic rings. The van der Waals surface area contributed by atoms with E-state index in [0.717, 1.165) is 56.1 Å². The van der Waals surface area contributed by atoms with Gasteiger partial charge in [-0.25, -0.2) is 4.98 Å². The standard InChI is InChI=1S/C19H33N5.HI/c1-3-20-19(24-14-17-8-4-5-9-18(17)15-24)22-10-6-7-12-23-13-11-21-16(23)2;/h11,13,17-18H,3-10,12,14-15H2,1-2H3,(H,20,22);1H. The molecule has 1 aliphatic heterocycles. The van der Waals surface area contributed by atoms with E-state index in [0.29, 0.717) is 0 Å². The maximum Gasteiger partial charge on any atom is 0.193 e. The quantitative estimate of drug-likeness (QED) is 0.306. The number of unbranched alkanes of at least 4 members (excludes halogenated alkanes) is 1. The Morgan fingerprint density at radius 1 is 1.24 bits per heavy atom. The van der Waals surface area contributed by atoms with Gasteiger partial charge in [0.1, 0.15) is 5.82 Å². The molecule has 0 spiro atoms. The van der Waals surface area contributed by atoms with Crippen molar-refractivity contribution in [1.29, 1.82) is 0 Å². The zero-order chi connectivity index (χ0) is 16.8. The molecule has 2 fully saturated rings. The second kappa shape index (κ2) is 10.4. The summed E-state index contributed by atoms with van der Waals surface area (Å²) in [5.74, 6) is 4.07. The summed E-state index contributed by atoms with van der Waals surface area (Å²) in [4.78, 5) is 11.7. The Bertz CT molecular complexity index is 528. The molecule has 0 amide bonds. The summed E-state index contributed by atoms with van der Waals surface area (Å²) < 4.78 is 2.22. The second-order valence-corrected chi connectivity index (χ2v) is 7.32. The molecule has 2 atom stereocenters. The summed E-state index contributed by atoms with van der Waals surface area (Å²) in [6, 6.07) is 0. The van der Waals surface area contributed by atoms with Crippen LogP contribution in [0.25, 0.3) is 0 Å². The van der Waals surface area contributed by atoms with Crippen molar-refractivity contribution in [1.82, 2.24) is 19.8 Å². The molecule has 0 radical (unpaired) electrons. The van der Waals surface area contributed by atoms with Crippen LogP contribution in [0.1, 0.15) is 51.3 Å². The summed E-state index contributed by atoms with van der Waals surface area (Å²) >= 11 is 0. The van der Waals surface area contributed by atoms with Crippen molar-refractivity contribution in [2.45, 2.75) is 58.9 Å². The molecule has 6 heteroatoms. The molecule has 1 saturated heterocycles. The lowest BCUT2D eigenvalue weighted by Crippen LogP contribution is -2.40. The van der Waals surface area contributed by atoms with Crippen molar-refractivity contribution in [3.63, 3.8) is 0 Å². The molecule has 1 saturated carbocycles. The molecule has 0 aromatic carbocycles. The Hall–Kier alpha value is -0.790. The normalized spacial score (nSPS) is 23.3. The first-order valence-corrected chi connectivity index (χ1v) is 9.79. The van der Waals surface area contributed by atoms with E-state index >= 15 is 0 Å². The van der Waals surface area contributed by atoms with E-state index in [1.165, 1.54) is 38.8 Å². The minimum Gasteiger partial charge on any atom is -0.357 e. The monoisotopic (exact) mass is 459 g/mol. The molecule has 1 aliphatic carbocycles. The molecule has 0 bridgehead atoms. The number of imidazole rings is 1. The molecule has 1 aromatic heterocycles. The van der Waals surface area contributed by atoms with Gasteiger partial charge in [0, 0.05) is 45.1 Å². The number of aliphatic imine (C=N–C) groups is 1. The summed E-state index contributed by atoms with van der Waals surface area (Å²) in [6.45, 7) is 9.58. The zero-order valence-electron chi connectivity index (χ0n) is 15.8. The smallest absolute Gasteiger partial charge is 0.193 e. The lowest BCUT2D eigenvalue weighted by atomic mass is 9.82. The van der Waals surface area contributed by atoms with Crippen LogP contribution in [-0.2, 0) is 6.54 Å². The van der Waals surface area contributed by atoms with Gasteiger partial charge >= 0.3 is 0 Å². The number of hydrogen-bond acceptors (Lipinski definition) is 2. The minimum absolute atomic E-state index is 0. The van der Waals surface area contributed by atoms with Crippen molar-refractivity contribution in [2.24, 2.45) is 16.8 Å². The summed E-state index contributed by atoms with van der Waals surface area (Å²) in [6.07, 6.45) is 11.9. The molecule has 142 valence electrons. The number of aryl methyl sites for hydroxylation is 2. The van der Waals surface area contributed by atoms with E-state index in [-0.39, 0.29) is 24.0 Å². The number of nitrogens with one attached hydrogen (secondary N) is 1. The Kier molecular flexibility index (Phi) is 8.52. The highest BCUT2D eigenvalue weighted by Gasteiger charge is 2.35. The second-order valence-electron chi connectivity index (χ2n) is 7.32. The molecule has 2 aliphatic rings. The lowest BCUT2D eigenvalue weighted by Gasteiger charge is -2.22. The van der Waals surface area contributed by atoms with Crippen LogP contribution in [0.2, 0.25) is 0 Å². The number of fused-ring (bicyclic) bond motifs is 1. The van der Waals surface area contributed by atoms with Crippen LogP contribution in [0.3, 0.4) is 0 Å². The van der Waals surface area contributed by atoms with Crippen LogP contribution < -0.4 is 5.32 Å². The van der Waals surface area contributed by atoms with Gasteiger partial charge in [0.05, 0.1) is 0 Å². The highest BCUT2D eigenvalue weighted by atomic mass is 127. The molecular formula is C19H34IN5. The van der Waals surface area contributed by atoms with Crippen LogP contribution in [-0.4, -0.2) is 46.6 Å². The fourth-order valence-corrected chi connectivity index (χ4v) is 4.22. The zero-order valence-corrected chi connectivity index (χ0v) is 18.1. The van der Waals surface area contributed by atoms with Crippen molar-refractivity contribution in [3.8, 4) is 0 Å². The minimum atomic E-state index is 0. The Balaban J connectivity index is 0.00000225. The third kappa shape index (κ3) is 5.59. The van der Waals surface area contributed by atoms with Gasteiger partial charge in [-0.1, -0.05) is 12.8 Å². The summed E-state index contributed by atoms with van der Waals surface area (Å²) in [5.41, 5.74) is 0. The molecule has 2 heterocycles. The molecule has 1 N–H and O–H groups in total. The van der Waals surface area contributed by atoms with E-state index in [2.05, 4.69) is 39.8 Å². The molecular weight excluding hydrogens is 425 g/mol. The van der Waals surface area contributed by atoms with Crippen molar-refractivity contribution < 1.29 is 0 Å². The van der Waals surface area contributed by atoms with Gasteiger partial charge in [-0.2, -0.15) is 0 Å². The van der Waals surface area contributed by atoms with Crippen LogP contribution in [0.15, 0.2) is 17.4 Å². The van der Waals surface area contributed by atoms with E-state index < -0.39 is 0 Å². The number of aromatic nitrogens is 2. The number of likely N-dealkylation sites (tertiary alicyclic amines) is 1. The number of rotatable bonds is 6. The average Bonchev–Trinajstić information content (AvgIpc) is 3.19. The van der Waals surface area contributed by atoms with E-state index in [1.54, 1.807) is 0 Å². The number of hydrogen-bond donors (Lipinski definition) is 1. The van der Waals surface area contributed by atoms with Crippen molar-refractivity contribution in [3.05, 3.63) is 18.2 Å². The number of halogens is 1. The first-order chi connectivity index (χ1) is 11.8. The van der Waals surface area contributed by atoms with E-state index in [4.69, 9.17) is 4.99 Å². The highest BCUT2D eigenvalue weighted by Crippen LogP contribution is 2.35. The lowest BCUT2D eigenvalue weighted by molar-refractivity contribution is 0.299. The summed E-state index contributed by atoms with van der Waals surface area (Å²) in [7, 11) is 0. The van der Waals surface area contributed by atoms with Crippen LogP contribution in [0.5, 0.6) is 0 Å². The maximum absolute atomic E-state index is 4.90. The molecule has 5 nitrogen and oxygen atoms in total. The predicted octanol–water partition coefficient (Wildman–Crippen LogP) is 3.68. The SMILES string of the molecule is CCNC(=NCCCCn1ccnc1C)N1CC2CCCCC2C1.I. The topological polar surface area (TPSA) is 45.5 Å². The fraction of sp³-hybridized carbons (Fsp3) is 0.789. The molecule has 3 rings (SSSR count). The van der Waals surface area contributed by atoms with Gasteiger partial charge < -0.3 is 14.8 Å². The van der Waals surface area contributed by atoms with Gasteiger partial charge in [-0.3, -0.25) is 4.99 Å². The Morgan fingerprint density at radius 3 is 2.56 bits per heavy atom. The van der Waals surface area contributed by atoms with Gasteiger partial charge in [0.15, 0.2) is 5.96 Å². The highest BCUT2D eigenvalue weighted by molar-refractivity contribution is 14.0. The summed E-state index contributed by atoms with van der Waals surface area (Å²) in [5, 5.41) is 3.51. The average molecular weight is 459 g/mol. The first-order valence-electron chi connectivity index (χ1n) is 9.79. The molecule has 25 heavy (non-hydrogen) atoms. The van der Waals surface area contributed by atoms with Crippen LogP contribution in [0, 0.1) is 18.8 Å². The van der Waals surface area contributed by atoms with E-state index in [1.807, 2.05) is 6.20 Å². The third-order valence-corrected chi connectivity index (χ3v) is 5.60. The van der Waals surface area contributed by atoms with Crippen LogP contribution in [0.4, 0.5) is 0 Å². The number of nitrogens with zero attached hydrogens (tertiary/aromatic N) is 4. The third-order valence-electron chi connectivity index (χ3n) is 5.60. The van der Waals surface area contributed by atoms with Gasteiger partial charge in [0.25, 0.3) is 0 Å². The van der Waals surface area contributed by atoms with Gasteiger partial charge in [-0.05, 0) is 51.4 Å². The van der Waals surface area contributed by atoms with Gasteiger partial charge in [0.2, 0.25) is 0 Å². The van der Waals surface area contributed by atoms with Crippen LogP contribution >= 0.6 is 24.0 Å². The Morgan fingerprint density at radius 2 is 1.96 bits per heavy atom. The largest absolute Gasteiger partial charge is 0.357 e. The van der Waals surface area contributed by atoms with Crippen molar-refractivity contribution >= 4 is 29.9 Å². The van der Waals surface area contributed by atoms with Crippen molar-refractivity contribution in [2.75, 3.05) is 26.2 Å². The fourth-order valence-electron chi connectivity index (χ4n) is 4.22. The van der Waals surface area contributed by atoms with Gasteiger partial charge in [-0.15, -0.1) is 24.0 Å². The molecule has 2 unspecified atom stereocenters. The first kappa shape index (κ1) is 20.5. The number of guanidine groups is 1. The Labute approximate surface area is 169 Å². The maximum atomic E-state index is 4.90.